The topological polar surface area (TPSA) is 31.2 Å². The Hall–Kier alpha value is -1.25. The lowest BCUT2D eigenvalue weighted by atomic mass is 9.86. The zero-order valence-electron chi connectivity index (χ0n) is 13.0. The summed E-state index contributed by atoms with van der Waals surface area (Å²) in [6, 6.07) is 4.04. The molecule has 0 atom stereocenters. The molecule has 0 amide bonds. The molecule has 1 fully saturated rings. The van der Waals surface area contributed by atoms with Crippen LogP contribution in [0.15, 0.2) is 12.1 Å². The summed E-state index contributed by atoms with van der Waals surface area (Å²) in [5.74, 6) is 1.09. The van der Waals surface area contributed by atoms with Gasteiger partial charge >= 0.3 is 5.97 Å². The number of nitrogens with zero attached hydrogens (tertiary/aromatic N) is 1. The molecule has 0 unspecified atom stereocenters. The van der Waals surface area contributed by atoms with E-state index in [0.29, 0.717) is 11.6 Å². The maximum atomic E-state index is 11.9. The smallest absolute Gasteiger partial charge is 0.354 e. The van der Waals surface area contributed by atoms with Crippen molar-refractivity contribution in [3.8, 4) is 0 Å². The zero-order chi connectivity index (χ0) is 14.5. The van der Waals surface area contributed by atoms with Crippen LogP contribution in [0.3, 0.4) is 0 Å². The Morgan fingerprint density at radius 1 is 1.30 bits per heavy atom. The van der Waals surface area contributed by atoms with Gasteiger partial charge in [0.2, 0.25) is 0 Å². The predicted octanol–water partition coefficient (Wildman–Crippen LogP) is 4.05. The van der Waals surface area contributed by atoms with Crippen LogP contribution in [-0.4, -0.2) is 17.6 Å². The van der Waals surface area contributed by atoms with Crippen molar-refractivity contribution in [2.75, 3.05) is 7.11 Å². The van der Waals surface area contributed by atoms with E-state index in [1.807, 2.05) is 6.07 Å². The normalized spacial score (nSPS) is 16.6. The number of ether oxygens (including phenoxy) is 1. The van der Waals surface area contributed by atoms with E-state index in [-0.39, 0.29) is 5.97 Å². The van der Waals surface area contributed by atoms with Gasteiger partial charge in [-0.05, 0) is 30.4 Å². The third-order valence-corrected chi connectivity index (χ3v) is 4.24. The Morgan fingerprint density at radius 2 is 2.00 bits per heavy atom. The number of carbonyl (C=O) groups excluding carboxylic acids is 1. The molecular formula is C17H27NO2. The molecule has 3 nitrogen and oxygen atoms in total. The summed E-state index contributed by atoms with van der Waals surface area (Å²) in [5.41, 5.74) is 2.00. The fourth-order valence-electron chi connectivity index (χ4n) is 3.24. The summed E-state index contributed by atoms with van der Waals surface area (Å²) in [5, 5.41) is 0. The molecule has 0 bridgehead atoms. The first-order chi connectivity index (χ1) is 9.61. The molecule has 1 aliphatic carbocycles. The van der Waals surface area contributed by atoms with Crippen LogP contribution in [0.1, 0.15) is 62.1 Å². The third kappa shape index (κ3) is 3.65. The van der Waals surface area contributed by atoms with Crippen molar-refractivity contribution >= 4 is 5.97 Å². The maximum Gasteiger partial charge on any atom is 0.354 e. The van der Waals surface area contributed by atoms with Crippen molar-refractivity contribution in [3.63, 3.8) is 0 Å². The molecule has 1 aromatic rings. The fraction of sp³-hybridized carbons (Fsp3) is 0.706. The van der Waals surface area contributed by atoms with Crippen LogP contribution in [0, 0.1) is 11.8 Å². The number of hydrogen-bond donors (Lipinski definition) is 0. The summed E-state index contributed by atoms with van der Waals surface area (Å²) in [6.45, 7) is 5.26. The van der Waals surface area contributed by atoms with Gasteiger partial charge in [-0.1, -0.05) is 46.0 Å². The van der Waals surface area contributed by atoms with Crippen LogP contribution < -0.4 is 0 Å². The van der Waals surface area contributed by atoms with Gasteiger partial charge < -0.3 is 9.30 Å². The Morgan fingerprint density at radius 3 is 2.60 bits per heavy atom. The van der Waals surface area contributed by atoms with E-state index in [1.54, 1.807) is 0 Å². The summed E-state index contributed by atoms with van der Waals surface area (Å²) >= 11 is 0. The minimum Gasteiger partial charge on any atom is -0.464 e. The Balaban J connectivity index is 2.17. The molecule has 2 rings (SSSR count). The van der Waals surface area contributed by atoms with Crippen molar-refractivity contribution in [3.05, 3.63) is 23.5 Å². The molecule has 1 aliphatic rings. The highest BCUT2D eigenvalue weighted by Crippen LogP contribution is 2.28. The Labute approximate surface area is 122 Å². The summed E-state index contributed by atoms with van der Waals surface area (Å²) in [7, 11) is 1.45. The molecule has 0 N–H and O–H groups in total. The standard InChI is InChI=1S/C17H27NO2/c1-13(2)12-18-15(9-10-16(18)17(19)20-3)11-14-7-5-4-6-8-14/h9-10,13-14H,4-8,11-12H2,1-3H3. The number of methoxy groups -OCH3 is 1. The first-order valence-corrected chi connectivity index (χ1v) is 7.88. The molecule has 1 saturated carbocycles. The monoisotopic (exact) mass is 277 g/mol. The molecule has 112 valence electrons. The molecule has 3 heteroatoms. The van der Waals surface area contributed by atoms with Crippen molar-refractivity contribution in [1.82, 2.24) is 4.57 Å². The van der Waals surface area contributed by atoms with Crippen LogP contribution in [0.4, 0.5) is 0 Å². The average Bonchev–Trinajstić information content (AvgIpc) is 2.81. The first-order valence-electron chi connectivity index (χ1n) is 7.88. The highest BCUT2D eigenvalue weighted by Gasteiger charge is 2.20. The van der Waals surface area contributed by atoms with E-state index in [2.05, 4.69) is 24.5 Å². The largest absolute Gasteiger partial charge is 0.464 e. The molecule has 20 heavy (non-hydrogen) atoms. The highest BCUT2D eigenvalue weighted by atomic mass is 16.5. The lowest BCUT2D eigenvalue weighted by Crippen LogP contribution is -2.18. The van der Waals surface area contributed by atoms with Crippen molar-refractivity contribution in [2.45, 2.75) is 58.9 Å². The van der Waals surface area contributed by atoms with Crippen molar-refractivity contribution in [2.24, 2.45) is 11.8 Å². The van der Waals surface area contributed by atoms with Crippen LogP contribution in [0.5, 0.6) is 0 Å². The molecule has 0 saturated heterocycles. The summed E-state index contributed by atoms with van der Waals surface area (Å²) < 4.78 is 7.07. The van der Waals surface area contributed by atoms with Crippen LogP contribution in [0.2, 0.25) is 0 Å². The highest BCUT2D eigenvalue weighted by molar-refractivity contribution is 5.87. The van der Waals surface area contributed by atoms with Crippen LogP contribution >= 0.6 is 0 Å². The number of carbonyl (C=O) groups is 1. The summed E-state index contributed by atoms with van der Waals surface area (Å²) in [4.78, 5) is 11.9. The minimum atomic E-state index is -0.222. The number of esters is 1. The quantitative estimate of drug-likeness (QED) is 0.760. The van der Waals surface area contributed by atoms with Gasteiger partial charge in [-0.2, -0.15) is 0 Å². The number of hydrogen-bond acceptors (Lipinski definition) is 2. The van der Waals surface area contributed by atoms with Gasteiger partial charge in [0.1, 0.15) is 5.69 Å². The van der Waals surface area contributed by atoms with Gasteiger partial charge in [0.05, 0.1) is 7.11 Å². The fourth-order valence-corrected chi connectivity index (χ4v) is 3.24. The van der Waals surface area contributed by atoms with E-state index in [0.717, 1.165) is 18.9 Å². The third-order valence-electron chi connectivity index (χ3n) is 4.24. The first kappa shape index (κ1) is 15.1. The average molecular weight is 277 g/mol. The van der Waals surface area contributed by atoms with E-state index < -0.39 is 0 Å². The molecule has 0 spiro atoms. The van der Waals surface area contributed by atoms with Crippen LogP contribution in [-0.2, 0) is 17.7 Å². The second-order valence-electron chi connectivity index (χ2n) is 6.41. The molecule has 0 radical (unpaired) electrons. The molecule has 1 heterocycles. The SMILES string of the molecule is COC(=O)c1ccc(CC2CCCCC2)n1CC(C)C. The summed E-state index contributed by atoms with van der Waals surface area (Å²) in [6.07, 6.45) is 7.88. The second kappa shape index (κ2) is 6.96. The van der Waals surface area contributed by atoms with Crippen LogP contribution in [0.25, 0.3) is 0 Å². The van der Waals surface area contributed by atoms with Gasteiger partial charge in [0, 0.05) is 12.2 Å². The van der Waals surface area contributed by atoms with Gasteiger partial charge in [-0.15, -0.1) is 0 Å². The predicted molar refractivity (Wildman–Crippen MR) is 80.9 cm³/mol. The Bertz CT molecular complexity index is 442. The molecule has 1 aromatic heterocycles. The van der Waals surface area contributed by atoms with E-state index in [4.69, 9.17) is 4.74 Å². The lowest BCUT2D eigenvalue weighted by molar-refractivity contribution is 0.0587. The number of aromatic nitrogens is 1. The molecule has 0 aromatic carbocycles. The van der Waals surface area contributed by atoms with E-state index in [9.17, 15) is 4.79 Å². The van der Waals surface area contributed by atoms with Gasteiger partial charge in [-0.3, -0.25) is 0 Å². The number of rotatable bonds is 5. The van der Waals surface area contributed by atoms with Gasteiger partial charge in [-0.25, -0.2) is 4.79 Å². The van der Waals surface area contributed by atoms with Crippen molar-refractivity contribution < 1.29 is 9.53 Å². The molecule has 0 aliphatic heterocycles. The lowest BCUT2D eigenvalue weighted by Gasteiger charge is -2.23. The maximum absolute atomic E-state index is 11.9. The minimum absolute atomic E-state index is 0.222. The Kier molecular flexibility index (Phi) is 5.27. The van der Waals surface area contributed by atoms with Gasteiger partial charge in [0.25, 0.3) is 0 Å². The molecular weight excluding hydrogens is 250 g/mol. The van der Waals surface area contributed by atoms with E-state index in [1.165, 1.54) is 44.9 Å². The van der Waals surface area contributed by atoms with Gasteiger partial charge in [0.15, 0.2) is 0 Å². The van der Waals surface area contributed by atoms with E-state index >= 15 is 0 Å². The second-order valence-corrected chi connectivity index (χ2v) is 6.41. The zero-order valence-corrected chi connectivity index (χ0v) is 13.0. The van der Waals surface area contributed by atoms with Crippen molar-refractivity contribution in [1.29, 1.82) is 0 Å².